The van der Waals surface area contributed by atoms with E-state index in [2.05, 4.69) is 50.1 Å². The zero-order valence-corrected chi connectivity index (χ0v) is 17.6. The Balaban J connectivity index is 1.35. The number of anilines is 1. The SMILES string of the molecule is COC(=O)c1cncnc1N1C[C@@H]2C[C@H](C1)[C@@H]1CCC[C@H](Cc3ccccc3)N1C2. The van der Waals surface area contributed by atoms with Gasteiger partial charge in [0.05, 0.1) is 7.11 Å². The summed E-state index contributed by atoms with van der Waals surface area (Å²) in [5.41, 5.74) is 1.92. The van der Waals surface area contributed by atoms with E-state index in [4.69, 9.17) is 4.74 Å². The lowest BCUT2D eigenvalue weighted by Gasteiger charge is -2.55. The highest BCUT2D eigenvalue weighted by Crippen LogP contribution is 2.41. The number of hydrogen-bond donors (Lipinski definition) is 0. The van der Waals surface area contributed by atoms with Crippen molar-refractivity contribution in [1.82, 2.24) is 14.9 Å². The molecule has 2 bridgehead atoms. The second-order valence-electron chi connectivity index (χ2n) is 9.06. The zero-order valence-electron chi connectivity index (χ0n) is 17.6. The van der Waals surface area contributed by atoms with E-state index in [-0.39, 0.29) is 5.97 Å². The van der Waals surface area contributed by atoms with Crippen molar-refractivity contribution in [3.8, 4) is 0 Å². The smallest absolute Gasteiger partial charge is 0.343 e. The van der Waals surface area contributed by atoms with Crippen molar-refractivity contribution in [2.24, 2.45) is 11.8 Å². The van der Waals surface area contributed by atoms with Gasteiger partial charge in [0.2, 0.25) is 0 Å². The predicted molar refractivity (Wildman–Crippen MR) is 115 cm³/mol. The molecule has 30 heavy (non-hydrogen) atoms. The van der Waals surface area contributed by atoms with Crippen LogP contribution in [-0.2, 0) is 11.2 Å². The van der Waals surface area contributed by atoms with Gasteiger partial charge in [0.25, 0.3) is 0 Å². The van der Waals surface area contributed by atoms with Crippen molar-refractivity contribution in [2.45, 2.75) is 44.2 Å². The van der Waals surface area contributed by atoms with Crippen LogP contribution in [0, 0.1) is 11.8 Å². The van der Waals surface area contributed by atoms with Crippen LogP contribution in [-0.4, -0.2) is 59.7 Å². The summed E-state index contributed by atoms with van der Waals surface area (Å²) in [7, 11) is 1.41. The number of nitrogens with zero attached hydrogens (tertiary/aromatic N) is 4. The molecule has 3 aliphatic rings. The third kappa shape index (κ3) is 3.69. The van der Waals surface area contributed by atoms with Crippen molar-refractivity contribution < 1.29 is 9.53 Å². The molecular weight excluding hydrogens is 376 g/mol. The minimum Gasteiger partial charge on any atom is -0.465 e. The normalized spacial score (nSPS) is 28.6. The summed E-state index contributed by atoms with van der Waals surface area (Å²) in [6, 6.07) is 12.2. The van der Waals surface area contributed by atoms with Crippen molar-refractivity contribution in [3.63, 3.8) is 0 Å². The van der Waals surface area contributed by atoms with Gasteiger partial charge >= 0.3 is 5.97 Å². The molecule has 0 radical (unpaired) electrons. The second-order valence-corrected chi connectivity index (χ2v) is 9.06. The molecule has 158 valence electrons. The van der Waals surface area contributed by atoms with E-state index in [0.717, 1.165) is 31.9 Å². The minimum atomic E-state index is -0.358. The first kappa shape index (κ1) is 19.5. The fourth-order valence-electron chi connectivity index (χ4n) is 6.02. The quantitative estimate of drug-likeness (QED) is 0.727. The Kier molecular flexibility index (Phi) is 5.42. The second kappa shape index (κ2) is 8.34. The van der Waals surface area contributed by atoms with Crippen molar-refractivity contribution in [3.05, 3.63) is 54.0 Å². The molecule has 3 aliphatic heterocycles. The largest absolute Gasteiger partial charge is 0.465 e. The van der Waals surface area contributed by atoms with Gasteiger partial charge in [-0.25, -0.2) is 14.8 Å². The molecule has 0 N–H and O–H groups in total. The molecule has 3 fully saturated rings. The molecule has 5 rings (SSSR count). The van der Waals surface area contributed by atoms with Gasteiger partial charge in [-0.05, 0) is 43.1 Å². The number of hydrogen-bond acceptors (Lipinski definition) is 6. The van der Waals surface area contributed by atoms with E-state index < -0.39 is 0 Å². The Labute approximate surface area is 178 Å². The first-order valence-corrected chi connectivity index (χ1v) is 11.2. The fraction of sp³-hybridized carbons (Fsp3) is 0.542. The molecule has 1 aromatic heterocycles. The van der Waals surface area contributed by atoms with Crippen LogP contribution in [0.5, 0.6) is 0 Å². The third-order valence-electron chi connectivity index (χ3n) is 7.23. The number of methoxy groups -OCH3 is 1. The predicted octanol–water partition coefficient (Wildman–Crippen LogP) is 3.19. The van der Waals surface area contributed by atoms with Crippen LogP contribution in [0.25, 0.3) is 0 Å². The molecular formula is C24H30N4O2. The molecule has 0 amide bonds. The van der Waals surface area contributed by atoms with E-state index in [0.29, 0.717) is 29.5 Å². The number of benzene rings is 1. The third-order valence-corrected chi connectivity index (χ3v) is 7.23. The van der Waals surface area contributed by atoms with Gasteiger partial charge in [0, 0.05) is 37.9 Å². The molecule has 4 atom stereocenters. The van der Waals surface area contributed by atoms with E-state index in [9.17, 15) is 4.79 Å². The standard InChI is InChI=1S/C24H30N4O2/c1-30-24(29)21-12-25-16-26-23(21)27-13-18-10-19(15-27)22-9-5-8-20(28(22)14-18)11-17-6-3-2-4-7-17/h2-4,6-7,12,16,18-20,22H,5,8-11,13-15H2,1H3/t18-,19+,20+,22-/m0/s1. The average Bonchev–Trinajstić information content (AvgIpc) is 2.79. The van der Waals surface area contributed by atoms with Crippen molar-refractivity contribution in [1.29, 1.82) is 0 Å². The Morgan fingerprint density at radius 1 is 1.17 bits per heavy atom. The highest BCUT2D eigenvalue weighted by atomic mass is 16.5. The molecule has 2 aromatic rings. The van der Waals surface area contributed by atoms with Crippen molar-refractivity contribution >= 4 is 11.8 Å². The van der Waals surface area contributed by atoms with Gasteiger partial charge in [-0.2, -0.15) is 0 Å². The molecule has 3 saturated heterocycles. The van der Waals surface area contributed by atoms with Crippen LogP contribution in [0.3, 0.4) is 0 Å². The van der Waals surface area contributed by atoms with Crippen LogP contribution in [0.1, 0.15) is 41.6 Å². The van der Waals surface area contributed by atoms with Crippen LogP contribution >= 0.6 is 0 Å². The van der Waals surface area contributed by atoms with Crippen LogP contribution in [0.2, 0.25) is 0 Å². The summed E-state index contributed by atoms with van der Waals surface area (Å²) < 4.78 is 4.96. The minimum absolute atomic E-state index is 0.358. The van der Waals surface area contributed by atoms with E-state index >= 15 is 0 Å². The van der Waals surface area contributed by atoms with Gasteiger partial charge in [-0.1, -0.05) is 36.8 Å². The van der Waals surface area contributed by atoms with E-state index in [1.807, 2.05) is 0 Å². The lowest BCUT2D eigenvalue weighted by atomic mass is 9.74. The Bertz CT molecular complexity index is 890. The lowest BCUT2D eigenvalue weighted by Crippen LogP contribution is -2.62. The summed E-state index contributed by atoms with van der Waals surface area (Å²) in [5, 5.41) is 0. The summed E-state index contributed by atoms with van der Waals surface area (Å²) in [5.74, 6) is 1.61. The maximum Gasteiger partial charge on any atom is 0.343 e. The Morgan fingerprint density at radius 2 is 2.03 bits per heavy atom. The maximum atomic E-state index is 12.2. The van der Waals surface area contributed by atoms with Crippen LogP contribution in [0.15, 0.2) is 42.9 Å². The number of carbonyl (C=O) groups is 1. The number of esters is 1. The average molecular weight is 407 g/mol. The van der Waals surface area contributed by atoms with Crippen molar-refractivity contribution in [2.75, 3.05) is 31.6 Å². The van der Waals surface area contributed by atoms with Gasteiger partial charge in [-0.15, -0.1) is 0 Å². The summed E-state index contributed by atoms with van der Waals surface area (Å²) in [4.78, 5) is 25.9. The summed E-state index contributed by atoms with van der Waals surface area (Å²) >= 11 is 0. The molecule has 0 saturated carbocycles. The topological polar surface area (TPSA) is 58.6 Å². The number of fused-ring (bicyclic) bond motifs is 4. The first-order valence-electron chi connectivity index (χ1n) is 11.2. The highest BCUT2D eigenvalue weighted by Gasteiger charge is 2.45. The number of aromatic nitrogens is 2. The molecule has 0 unspecified atom stereocenters. The number of piperidine rings is 3. The van der Waals surface area contributed by atoms with Gasteiger partial charge in [0.15, 0.2) is 0 Å². The summed E-state index contributed by atoms with van der Waals surface area (Å²) in [6.07, 6.45) is 9.45. The van der Waals surface area contributed by atoms with Crippen LogP contribution in [0.4, 0.5) is 5.82 Å². The Morgan fingerprint density at radius 3 is 2.87 bits per heavy atom. The summed E-state index contributed by atoms with van der Waals surface area (Å²) in [6.45, 7) is 3.04. The first-order chi connectivity index (χ1) is 14.7. The van der Waals surface area contributed by atoms with Gasteiger partial charge in [0.1, 0.15) is 17.7 Å². The molecule has 6 heteroatoms. The molecule has 0 aliphatic carbocycles. The molecule has 6 nitrogen and oxygen atoms in total. The van der Waals surface area contributed by atoms with E-state index in [1.165, 1.54) is 44.7 Å². The van der Waals surface area contributed by atoms with Gasteiger partial charge < -0.3 is 9.64 Å². The van der Waals surface area contributed by atoms with E-state index in [1.54, 1.807) is 6.20 Å². The number of rotatable bonds is 4. The zero-order chi connectivity index (χ0) is 20.5. The van der Waals surface area contributed by atoms with Gasteiger partial charge in [-0.3, -0.25) is 4.90 Å². The number of ether oxygens (including phenoxy) is 1. The fourth-order valence-corrected chi connectivity index (χ4v) is 6.02. The Hall–Kier alpha value is -2.47. The number of carbonyl (C=O) groups excluding carboxylic acids is 1. The molecule has 0 spiro atoms. The monoisotopic (exact) mass is 406 g/mol. The molecule has 1 aromatic carbocycles. The maximum absolute atomic E-state index is 12.2. The van der Waals surface area contributed by atoms with Crippen LogP contribution < -0.4 is 4.90 Å². The highest BCUT2D eigenvalue weighted by molar-refractivity contribution is 5.94. The lowest BCUT2D eigenvalue weighted by molar-refractivity contribution is -0.0187. The molecule has 4 heterocycles.